The van der Waals surface area contributed by atoms with Crippen LogP contribution in [0.5, 0.6) is 0 Å². The number of halogens is 2. The first-order valence-electron chi connectivity index (χ1n) is 5.84. The molecule has 17 heavy (non-hydrogen) atoms. The Kier molecular flexibility index (Phi) is 12.2. The lowest BCUT2D eigenvalue weighted by Gasteiger charge is -2.31. The molecule has 0 aromatic rings. The normalized spacial score (nSPS) is 15.7. The molecule has 1 aliphatic rings. The summed E-state index contributed by atoms with van der Waals surface area (Å²) in [5.74, 6) is 0.311. The third-order valence-corrected chi connectivity index (χ3v) is 3.05. The maximum atomic E-state index is 11.7. The average molecular weight is 283 g/mol. The van der Waals surface area contributed by atoms with Gasteiger partial charge in [0.15, 0.2) is 0 Å². The molecular formula is C12H24Cl2N2O. The number of nitrogens with zero attached hydrogens (tertiary/aromatic N) is 1. The number of hydrogen-bond donors (Lipinski definition) is 1. The number of allylic oxidation sites excluding steroid dienone is 1. The van der Waals surface area contributed by atoms with E-state index in [0.29, 0.717) is 18.4 Å². The number of rotatable bonds is 5. The molecule has 102 valence electrons. The predicted octanol–water partition coefficient (Wildman–Crippen LogP) is 2.40. The maximum absolute atomic E-state index is 11.7. The summed E-state index contributed by atoms with van der Waals surface area (Å²) in [5, 5.41) is 3.26. The van der Waals surface area contributed by atoms with E-state index >= 15 is 0 Å². The fourth-order valence-corrected chi connectivity index (χ4v) is 1.97. The molecule has 1 aliphatic heterocycles. The van der Waals surface area contributed by atoms with Crippen LogP contribution in [0, 0.1) is 0 Å². The quantitative estimate of drug-likeness (QED) is 0.620. The topological polar surface area (TPSA) is 32.3 Å². The van der Waals surface area contributed by atoms with Crippen LogP contribution in [0.15, 0.2) is 12.7 Å². The highest BCUT2D eigenvalue weighted by atomic mass is 35.5. The van der Waals surface area contributed by atoms with Crippen LogP contribution >= 0.6 is 24.8 Å². The summed E-state index contributed by atoms with van der Waals surface area (Å²) in [6.45, 7) is 5.49. The monoisotopic (exact) mass is 282 g/mol. The van der Waals surface area contributed by atoms with Gasteiger partial charge in [0.2, 0.25) is 5.91 Å². The van der Waals surface area contributed by atoms with E-state index in [1.165, 1.54) is 0 Å². The molecule has 5 heteroatoms. The third kappa shape index (κ3) is 6.92. The summed E-state index contributed by atoms with van der Waals surface area (Å²) in [6, 6.07) is 0.599. The van der Waals surface area contributed by atoms with Gasteiger partial charge in [-0.1, -0.05) is 6.08 Å². The predicted molar refractivity (Wildman–Crippen MR) is 77.2 cm³/mol. The van der Waals surface area contributed by atoms with Gasteiger partial charge in [-0.15, -0.1) is 31.4 Å². The smallest absolute Gasteiger partial charge is 0.222 e. The second kappa shape index (κ2) is 10.9. The lowest BCUT2D eigenvalue weighted by molar-refractivity contribution is -0.132. The van der Waals surface area contributed by atoms with Gasteiger partial charge in [-0.2, -0.15) is 0 Å². The van der Waals surface area contributed by atoms with Crippen molar-refractivity contribution < 1.29 is 4.79 Å². The van der Waals surface area contributed by atoms with E-state index in [1.807, 2.05) is 18.0 Å². The highest BCUT2D eigenvalue weighted by Crippen LogP contribution is 2.12. The Labute approximate surface area is 117 Å². The third-order valence-electron chi connectivity index (χ3n) is 3.05. The van der Waals surface area contributed by atoms with Crippen molar-refractivity contribution in [3.63, 3.8) is 0 Å². The van der Waals surface area contributed by atoms with Crippen molar-refractivity contribution in [2.45, 2.75) is 38.1 Å². The van der Waals surface area contributed by atoms with Gasteiger partial charge in [0.25, 0.3) is 0 Å². The molecule has 1 amide bonds. The minimum atomic E-state index is 0. The Morgan fingerprint density at radius 3 is 2.47 bits per heavy atom. The molecule has 0 atom stereocenters. The summed E-state index contributed by atoms with van der Waals surface area (Å²) in [7, 11) is 1.99. The summed E-state index contributed by atoms with van der Waals surface area (Å²) in [4.78, 5) is 13.7. The van der Waals surface area contributed by atoms with Gasteiger partial charge in [0, 0.05) is 25.6 Å². The van der Waals surface area contributed by atoms with Gasteiger partial charge in [0.1, 0.15) is 0 Å². The molecule has 0 unspecified atom stereocenters. The Bertz CT molecular complexity index is 217. The van der Waals surface area contributed by atoms with E-state index in [9.17, 15) is 4.79 Å². The van der Waals surface area contributed by atoms with Gasteiger partial charge >= 0.3 is 0 Å². The van der Waals surface area contributed by atoms with Gasteiger partial charge in [-0.25, -0.2) is 0 Å². The van der Waals surface area contributed by atoms with Crippen LogP contribution in [0.3, 0.4) is 0 Å². The first kappa shape index (κ1) is 19.1. The highest BCUT2D eigenvalue weighted by Gasteiger charge is 2.20. The molecular weight excluding hydrogens is 259 g/mol. The van der Waals surface area contributed by atoms with Crippen molar-refractivity contribution in [1.29, 1.82) is 0 Å². The molecule has 1 heterocycles. The van der Waals surface area contributed by atoms with Crippen molar-refractivity contribution in [2.24, 2.45) is 0 Å². The van der Waals surface area contributed by atoms with E-state index in [0.717, 1.165) is 38.8 Å². The van der Waals surface area contributed by atoms with Crippen LogP contribution in [0.1, 0.15) is 32.1 Å². The van der Waals surface area contributed by atoms with E-state index in [1.54, 1.807) is 0 Å². The van der Waals surface area contributed by atoms with Crippen molar-refractivity contribution >= 4 is 30.7 Å². The van der Waals surface area contributed by atoms with Crippen molar-refractivity contribution in [3.8, 4) is 0 Å². The average Bonchev–Trinajstić information content (AvgIpc) is 2.29. The minimum absolute atomic E-state index is 0. The molecule has 1 N–H and O–H groups in total. The summed E-state index contributed by atoms with van der Waals surface area (Å²) >= 11 is 0. The highest BCUT2D eigenvalue weighted by molar-refractivity contribution is 5.85. The number of hydrogen-bond acceptors (Lipinski definition) is 2. The molecule has 0 aromatic carbocycles. The van der Waals surface area contributed by atoms with Crippen LogP contribution < -0.4 is 5.32 Å². The van der Waals surface area contributed by atoms with Crippen LogP contribution in [0.2, 0.25) is 0 Å². The molecule has 1 fully saturated rings. The van der Waals surface area contributed by atoms with Crippen LogP contribution in [0.25, 0.3) is 0 Å². The van der Waals surface area contributed by atoms with Crippen molar-refractivity contribution in [3.05, 3.63) is 12.7 Å². The molecule has 1 rings (SSSR count). The largest absolute Gasteiger partial charge is 0.343 e. The maximum Gasteiger partial charge on any atom is 0.222 e. The number of piperidine rings is 1. The Balaban J connectivity index is 0. The van der Waals surface area contributed by atoms with Crippen LogP contribution in [0.4, 0.5) is 0 Å². The Hall–Kier alpha value is -0.250. The second-order valence-electron chi connectivity index (χ2n) is 4.12. The van der Waals surface area contributed by atoms with E-state index < -0.39 is 0 Å². The SMILES string of the molecule is C=CCCCC(=O)N1CCC(NC)CC1.Cl.Cl. The fraction of sp³-hybridized carbons (Fsp3) is 0.750. The zero-order valence-corrected chi connectivity index (χ0v) is 12.1. The van der Waals surface area contributed by atoms with Crippen molar-refractivity contribution in [1.82, 2.24) is 10.2 Å². The molecule has 0 radical (unpaired) electrons. The van der Waals surface area contributed by atoms with E-state index in [2.05, 4.69) is 11.9 Å². The van der Waals surface area contributed by atoms with E-state index in [-0.39, 0.29) is 24.8 Å². The lowest BCUT2D eigenvalue weighted by atomic mass is 10.0. The lowest BCUT2D eigenvalue weighted by Crippen LogP contribution is -2.43. The fourth-order valence-electron chi connectivity index (χ4n) is 1.97. The second-order valence-corrected chi connectivity index (χ2v) is 4.12. The molecule has 0 spiro atoms. The first-order chi connectivity index (χ1) is 7.27. The Morgan fingerprint density at radius 2 is 2.00 bits per heavy atom. The standard InChI is InChI=1S/C12H22N2O.2ClH/c1-3-4-5-6-12(15)14-9-7-11(13-2)8-10-14;;/h3,11,13H,1,4-10H2,2H3;2*1H. The van der Waals surface area contributed by atoms with Gasteiger partial charge in [0.05, 0.1) is 0 Å². The molecule has 0 bridgehead atoms. The van der Waals surface area contributed by atoms with Gasteiger partial charge in [-0.3, -0.25) is 4.79 Å². The zero-order chi connectivity index (χ0) is 11.1. The van der Waals surface area contributed by atoms with Gasteiger partial charge in [-0.05, 0) is 32.7 Å². The first-order valence-corrected chi connectivity index (χ1v) is 5.84. The number of unbranched alkanes of at least 4 members (excludes halogenated alkanes) is 1. The molecule has 3 nitrogen and oxygen atoms in total. The number of likely N-dealkylation sites (tertiary alicyclic amines) is 1. The summed E-state index contributed by atoms with van der Waals surface area (Å²) in [5.41, 5.74) is 0. The minimum Gasteiger partial charge on any atom is -0.343 e. The zero-order valence-electron chi connectivity index (χ0n) is 10.5. The van der Waals surface area contributed by atoms with Gasteiger partial charge < -0.3 is 10.2 Å². The summed E-state index contributed by atoms with van der Waals surface area (Å²) in [6.07, 6.45) is 6.61. The number of amides is 1. The number of carbonyl (C=O) groups is 1. The molecule has 0 aromatic heterocycles. The number of nitrogens with one attached hydrogen (secondary N) is 1. The molecule has 0 saturated carbocycles. The summed E-state index contributed by atoms with van der Waals surface area (Å²) < 4.78 is 0. The van der Waals surface area contributed by atoms with E-state index in [4.69, 9.17) is 0 Å². The molecule has 1 saturated heterocycles. The molecule has 0 aliphatic carbocycles. The Morgan fingerprint density at radius 1 is 1.41 bits per heavy atom. The van der Waals surface area contributed by atoms with Crippen molar-refractivity contribution in [2.75, 3.05) is 20.1 Å². The number of carbonyl (C=O) groups excluding carboxylic acids is 1. The van der Waals surface area contributed by atoms with Crippen LogP contribution in [-0.4, -0.2) is 37.0 Å². The van der Waals surface area contributed by atoms with Crippen LogP contribution in [-0.2, 0) is 4.79 Å².